The summed E-state index contributed by atoms with van der Waals surface area (Å²) in [6, 6.07) is 0. The van der Waals surface area contributed by atoms with Crippen molar-refractivity contribution in [3.8, 4) is 0 Å². The molecule has 118 valence electrons. The van der Waals surface area contributed by atoms with Crippen molar-refractivity contribution in [2.45, 2.75) is 18.4 Å². The van der Waals surface area contributed by atoms with E-state index < -0.39 is 36.4 Å². The third-order valence-corrected chi connectivity index (χ3v) is 2.04. The van der Waals surface area contributed by atoms with Crippen LogP contribution >= 0.6 is 0 Å². The van der Waals surface area contributed by atoms with Crippen molar-refractivity contribution in [1.82, 2.24) is 0 Å². The molecule has 0 spiro atoms. The Labute approximate surface area is 165 Å². The van der Waals surface area contributed by atoms with E-state index in [1.165, 1.54) is 0 Å². The number of aliphatic hydroxyl groups is 2. The van der Waals surface area contributed by atoms with Crippen LogP contribution in [0.15, 0.2) is 0 Å². The minimum atomic E-state index is -2.86. The van der Waals surface area contributed by atoms with Gasteiger partial charge < -0.3 is 39.6 Å². The standard InChI is InChI=1S/C6H8O7.C5H14NO.K/c7-3(8)1-6(13,5(11)12)2-4(9)10;1-6(2,3)4-5-7;/h13H,1-2H2,(H,7,8)(H,9,10)(H,11,12);7H,4-5H2,1-3H3;/q;2*+1/p-2. The van der Waals surface area contributed by atoms with Gasteiger partial charge in [-0.3, -0.25) is 0 Å². The summed E-state index contributed by atoms with van der Waals surface area (Å²) in [5.41, 5.74) is -2.86. The Kier molecular flexibility index (Phi) is 14.1. The molecule has 0 aromatic rings. The number of nitrogens with zero attached hydrogens (tertiary/aromatic N) is 1. The Morgan fingerprint density at radius 1 is 1.05 bits per heavy atom. The first-order chi connectivity index (χ1) is 8.84. The van der Waals surface area contributed by atoms with Crippen molar-refractivity contribution in [3.63, 3.8) is 0 Å². The molecule has 0 aliphatic rings. The molecule has 21 heavy (non-hydrogen) atoms. The van der Waals surface area contributed by atoms with Crippen molar-refractivity contribution in [2.24, 2.45) is 0 Å². The van der Waals surface area contributed by atoms with Crippen LogP contribution in [0.25, 0.3) is 0 Å². The molecule has 0 atom stereocenters. The fourth-order valence-electron chi connectivity index (χ4n) is 0.991. The number of hydrogen-bond acceptors (Lipinski definition) is 7. The van der Waals surface area contributed by atoms with Crippen LogP contribution in [-0.2, 0) is 14.4 Å². The number of carboxylic acids is 3. The number of rotatable bonds is 7. The maximum atomic E-state index is 10.3. The smallest absolute Gasteiger partial charge is 0.550 e. The second kappa shape index (κ2) is 11.5. The molecule has 0 aromatic heterocycles. The van der Waals surface area contributed by atoms with Gasteiger partial charge in [-0.05, 0) is 0 Å². The fourth-order valence-corrected chi connectivity index (χ4v) is 0.991. The summed E-state index contributed by atoms with van der Waals surface area (Å²) >= 11 is 0. The predicted molar refractivity (Wildman–Crippen MR) is 61.8 cm³/mol. The summed E-state index contributed by atoms with van der Waals surface area (Å²) in [4.78, 5) is 30.2. The Morgan fingerprint density at radius 3 is 1.48 bits per heavy atom. The molecule has 9 nitrogen and oxygen atoms in total. The van der Waals surface area contributed by atoms with Gasteiger partial charge in [-0.2, -0.15) is 0 Å². The summed E-state index contributed by atoms with van der Waals surface area (Å²) < 4.78 is 0.844. The van der Waals surface area contributed by atoms with Crippen LogP contribution in [0.5, 0.6) is 0 Å². The van der Waals surface area contributed by atoms with Crippen LogP contribution < -0.4 is 61.6 Å². The quantitative estimate of drug-likeness (QED) is 0.306. The summed E-state index contributed by atoms with van der Waals surface area (Å²) in [6.45, 7) is 1.11. The van der Waals surface area contributed by atoms with Gasteiger partial charge in [-0.1, -0.05) is 0 Å². The summed E-state index contributed by atoms with van der Waals surface area (Å²) in [7, 11) is 6.16. The fraction of sp³-hybridized carbons (Fsp3) is 0.727. The zero-order valence-electron chi connectivity index (χ0n) is 12.7. The minimum Gasteiger partial charge on any atom is -0.550 e. The monoisotopic (exact) mass is 333 g/mol. The number of hydrogen-bond donors (Lipinski definition) is 3. The number of quaternary nitrogens is 1. The second-order valence-corrected chi connectivity index (χ2v) is 5.17. The molecule has 0 unspecified atom stereocenters. The topological polar surface area (TPSA) is 158 Å². The molecule has 0 aromatic carbocycles. The van der Waals surface area contributed by atoms with E-state index in [4.69, 9.17) is 15.3 Å². The van der Waals surface area contributed by atoms with Crippen LogP contribution in [0, 0.1) is 0 Å². The van der Waals surface area contributed by atoms with E-state index in [-0.39, 0.29) is 58.0 Å². The first-order valence-electron chi connectivity index (χ1n) is 5.61. The Bertz CT molecular complexity index is 337. The molecule has 10 heteroatoms. The van der Waals surface area contributed by atoms with Crippen molar-refractivity contribution in [1.29, 1.82) is 0 Å². The van der Waals surface area contributed by atoms with Gasteiger partial charge in [0.15, 0.2) is 5.60 Å². The van der Waals surface area contributed by atoms with Crippen LogP contribution in [0.2, 0.25) is 0 Å². The SMILES string of the molecule is C[N+](C)(C)CCO.O=C([O-])CC(O)(CC(=O)[O-])C(=O)O.[K+]. The Morgan fingerprint density at radius 2 is 1.38 bits per heavy atom. The van der Waals surface area contributed by atoms with E-state index in [9.17, 15) is 24.6 Å². The molecule has 0 radical (unpaired) electrons. The summed E-state index contributed by atoms with van der Waals surface area (Å²) in [6.07, 6.45) is -2.59. The Balaban J connectivity index is -0.000000347. The van der Waals surface area contributed by atoms with E-state index in [0.717, 1.165) is 11.0 Å². The molecule has 0 heterocycles. The summed E-state index contributed by atoms with van der Waals surface area (Å²) in [5, 5.41) is 45.6. The van der Waals surface area contributed by atoms with Crippen molar-refractivity contribution in [2.75, 3.05) is 34.3 Å². The van der Waals surface area contributed by atoms with Gasteiger partial charge in [0.2, 0.25) is 0 Å². The minimum absolute atomic E-state index is 0. The molecule has 0 saturated carbocycles. The van der Waals surface area contributed by atoms with E-state index in [2.05, 4.69) is 21.1 Å². The number of aliphatic carboxylic acids is 3. The van der Waals surface area contributed by atoms with E-state index in [0.29, 0.717) is 0 Å². The zero-order valence-corrected chi connectivity index (χ0v) is 15.8. The zero-order chi connectivity index (χ0) is 16.6. The average Bonchev–Trinajstić information content (AvgIpc) is 2.12. The largest absolute Gasteiger partial charge is 1.00 e. The van der Waals surface area contributed by atoms with Gasteiger partial charge in [-0.25, -0.2) is 4.79 Å². The molecule has 0 rings (SSSR count). The molecule has 0 aliphatic heterocycles. The third kappa shape index (κ3) is 16.1. The molecular weight excluding hydrogens is 313 g/mol. The van der Waals surface area contributed by atoms with Crippen LogP contribution in [0.3, 0.4) is 0 Å². The normalized spacial score (nSPS) is 10.7. The van der Waals surface area contributed by atoms with Gasteiger partial charge in [0.05, 0.1) is 27.7 Å². The van der Waals surface area contributed by atoms with Crippen molar-refractivity contribution >= 4 is 17.9 Å². The van der Waals surface area contributed by atoms with Crippen molar-refractivity contribution in [3.05, 3.63) is 0 Å². The van der Waals surface area contributed by atoms with Gasteiger partial charge >= 0.3 is 57.4 Å². The van der Waals surface area contributed by atoms with E-state index in [1.807, 2.05) is 0 Å². The van der Waals surface area contributed by atoms with Gasteiger partial charge in [0.25, 0.3) is 0 Å². The predicted octanol–water partition coefficient (Wildman–Crippen LogP) is -7.23. The maximum absolute atomic E-state index is 10.3. The van der Waals surface area contributed by atoms with E-state index in [1.54, 1.807) is 0 Å². The van der Waals surface area contributed by atoms with Gasteiger partial charge in [0, 0.05) is 24.8 Å². The molecular formula is C11H20KNO8. The maximum Gasteiger partial charge on any atom is 1.00 e. The Hall–Kier alpha value is -0.0736. The number of carbonyl (C=O) groups excluding carboxylic acids is 2. The third-order valence-electron chi connectivity index (χ3n) is 2.04. The van der Waals surface area contributed by atoms with Gasteiger partial charge in [0.1, 0.15) is 6.54 Å². The first kappa shape index (κ1) is 25.9. The molecule has 0 saturated heterocycles. The number of aliphatic hydroxyl groups excluding tert-OH is 1. The second-order valence-electron chi connectivity index (χ2n) is 5.17. The van der Waals surface area contributed by atoms with Crippen LogP contribution in [0.4, 0.5) is 0 Å². The van der Waals surface area contributed by atoms with Crippen LogP contribution in [0.1, 0.15) is 12.8 Å². The summed E-state index contributed by atoms with van der Waals surface area (Å²) in [5.74, 6) is -5.65. The number of carboxylic acid groups (broad SMARTS) is 3. The number of carbonyl (C=O) groups is 3. The van der Waals surface area contributed by atoms with Crippen LogP contribution in [-0.4, -0.2) is 77.6 Å². The number of likely N-dealkylation sites (N-methyl/N-ethyl adjacent to an activating group) is 1. The molecule has 0 fully saturated rings. The van der Waals surface area contributed by atoms with E-state index >= 15 is 0 Å². The first-order valence-corrected chi connectivity index (χ1v) is 5.61. The van der Waals surface area contributed by atoms with Gasteiger partial charge in [-0.15, -0.1) is 0 Å². The van der Waals surface area contributed by atoms with Crippen molar-refractivity contribution < 1.29 is 95.8 Å². The molecule has 0 bridgehead atoms. The molecule has 3 N–H and O–H groups in total. The molecule has 0 amide bonds. The average molecular weight is 333 g/mol. The molecule has 0 aliphatic carbocycles.